The molecule has 5 rings (SSSR count). The zero-order valence-corrected chi connectivity index (χ0v) is 18.5. The second-order valence-electron chi connectivity index (χ2n) is 7.10. The Kier molecular flexibility index (Phi) is 5.19. The molecule has 0 saturated carbocycles. The first-order valence-electron chi connectivity index (χ1n) is 9.34. The van der Waals surface area contributed by atoms with Gasteiger partial charge < -0.3 is 10.6 Å². The highest BCUT2D eigenvalue weighted by atomic mass is 32.2. The van der Waals surface area contributed by atoms with Crippen molar-refractivity contribution in [3.05, 3.63) is 56.1 Å². The Hall–Kier alpha value is -4.50. The molecule has 0 amide bonds. The lowest BCUT2D eigenvalue weighted by Crippen LogP contribution is -2.04. The zero-order chi connectivity index (χ0) is 26.0. The second-order valence-corrected chi connectivity index (χ2v) is 9.14. The number of hydrogen-bond donors (Lipinski definition) is 2. The lowest BCUT2D eigenvalue weighted by atomic mass is 9.98. The normalized spacial score (nSPS) is 13.3. The van der Waals surface area contributed by atoms with Crippen LogP contribution in [0.1, 0.15) is 0 Å². The summed E-state index contributed by atoms with van der Waals surface area (Å²) in [5.74, 6) is -10.3. The van der Waals surface area contributed by atoms with Gasteiger partial charge in [-0.1, -0.05) is 23.5 Å². The molecule has 14 heteroatoms. The summed E-state index contributed by atoms with van der Waals surface area (Å²) in [5, 5.41) is 35.9. The summed E-state index contributed by atoms with van der Waals surface area (Å²) in [7, 11) is 0. The molecule has 2 heterocycles. The fourth-order valence-electron chi connectivity index (χ4n) is 3.81. The highest BCUT2D eigenvalue weighted by Crippen LogP contribution is 2.54. The lowest BCUT2D eigenvalue weighted by Gasteiger charge is -2.15. The van der Waals surface area contributed by atoms with E-state index in [2.05, 4.69) is 10.6 Å². The number of hydrogen-bond acceptors (Lipinski definition) is 8. The van der Waals surface area contributed by atoms with Gasteiger partial charge in [0.15, 0.2) is 34.4 Å². The quantitative estimate of drug-likeness (QED) is 0.196. The first-order valence-corrected chi connectivity index (χ1v) is 11.0. The van der Waals surface area contributed by atoms with Crippen molar-refractivity contribution in [1.29, 1.82) is 21.0 Å². The summed E-state index contributed by atoms with van der Waals surface area (Å²) in [6.07, 6.45) is 0. The minimum absolute atomic E-state index is 0.295. The predicted molar refractivity (Wildman–Crippen MR) is 117 cm³/mol. The van der Waals surface area contributed by atoms with Crippen molar-refractivity contribution >= 4 is 56.4 Å². The Morgan fingerprint density at radius 1 is 0.500 bits per heavy atom. The van der Waals surface area contributed by atoms with Gasteiger partial charge in [-0.15, -0.1) is 0 Å². The van der Waals surface area contributed by atoms with E-state index in [9.17, 15) is 8.78 Å². The fraction of sp³-hybridized carbons (Fsp3) is 0. The number of nitrogens with zero attached hydrogens (tertiary/aromatic N) is 4. The fourth-order valence-corrected chi connectivity index (χ4v) is 5.98. The van der Waals surface area contributed by atoms with Crippen LogP contribution in [-0.4, -0.2) is 0 Å². The number of rotatable bonds is 0. The third kappa shape index (κ3) is 2.86. The van der Waals surface area contributed by atoms with E-state index in [1.165, 1.54) is 24.3 Å². The van der Waals surface area contributed by atoms with Crippen LogP contribution >= 0.6 is 23.5 Å². The highest BCUT2D eigenvalue weighted by molar-refractivity contribution is 8.04. The Bertz CT molecular complexity index is 1690. The summed E-state index contributed by atoms with van der Waals surface area (Å²) < 4.78 is 91.6. The van der Waals surface area contributed by atoms with Gasteiger partial charge >= 0.3 is 0 Å². The van der Waals surface area contributed by atoms with Gasteiger partial charge in [0.1, 0.15) is 46.0 Å². The Morgan fingerprint density at radius 2 is 0.833 bits per heavy atom. The molecule has 0 aliphatic carbocycles. The third-order valence-electron chi connectivity index (χ3n) is 5.34. The number of anilines is 2. The largest absolute Gasteiger partial charge is 0.345 e. The first kappa shape index (κ1) is 23.3. The van der Waals surface area contributed by atoms with Crippen molar-refractivity contribution in [3.8, 4) is 24.3 Å². The van der Waals surface area contributed by atoms with Crippen LogP contribution in [0.4, 0.5) is 37.7 Å². The average molecular weight is 528 g/mol. The van der Waals surface area contributed by atoms with Crippen molar-refractivity contribution in [1.82, 2.24) is 0 Å². The number of nitrogens with one attached hydrogen (secondary N) is 2. The zero-order valence-electron chi connectivity index (χ0n) is 16.9. The van der Waals surface area contributed by atoms with Gasteiger partial charge in [-0.3, -0.25) is 0 Å². The van der Waals surface area contributed by atoms with Gasteiger partial charge in [0.05, 0.1) is 31.9 Å². The van der Waals surface area contributed by atoms with E-state index in [1.54, 1.807) is 0 Å². The Balaban J connectivity index is 1.96. The predicted octanol–water partition coefficient (Wildman–Crippen LogP) is 6.38. The molecule has 0 unspecified atom stereocenters. The Morgan fingerprint density at radius 3 is 1.14 bits per heavy atom. The van der Waals surface area contributed by atoms with E-state index in [0.29, 0.717) is 23.5 Å². The standard InChI is InChI=1S/C22H2F6N6S2/c23-11-8-10(20-18(16(28)14(8)26)34-22(36-20)6(3-31)4-32)12(24)7-9(11)19-17(15(27)13(7)25)33-21(35-19)5(1-29)2-30/h33-34H. The molecule has 0 fully saturated rings. The van der Waals surface area contributed by atoms with Crippen LogP contribution in [0.5, 0.6) is 0 Å². The molecule has 36 heavy (non-hydrogen) atoms. The molecule has 3 aromatic rings. The summed E-state index contributed by atoms with van der Waals surface area (Å²) in [6, 6.07) is 6.06. The van der Waals surface area contributed by atoms with Gasteiger partial charge in [0, 0.05) is 10.8 Å². The number of thioether (sulfide) groups is 2. The third-order valence-corrected chi connectivity index (χ3v) is 7.58. The van der Waals surface area contributed by atoms with Gasteiger partial charge in [0.2, 0.25) is 0 Å². The molecule has 0 spiro atoms. The number of halogens is 6. The minimum atomic E-state index is -1.85. The van der Waals surface area contributed by atoms with E-state index < -0.39 is 88.8 Å². The van der Waals surface area contributed by atoms with Crippen molar-refractivity contribution in [3.63, 3.8) is 0 Å². The van der Waals surface area contributed by atoms with Crippen LogP contribution in [0.25, 0.3) is 21.5 Å². The van der Waals surface area contributed by atoms with E-state index in [1.807, 2.05) is 0 Å². The maximum Gasteiger partial charge on any atom is 0.184 e. The van der Waals surface area contributed by atoms with E-state index in [0.717, 1.165) is 0 Å². The van der Waals surface area contributed by atoms with Crippen LogP contribution in [0.2, 0.25) is 0 Å². The molecule has 2 aliphatic rings. The van der Waals surface area contributed by atoms with Crippen LogP contribution in [-0.2, 0) is 0 Å². The van der Waals surface area contributed by atoms with E-state index >= 15 is 17.6 Å². The van der Waals surface area contributed by atoms with Crippen molar-refractivity contribution < 1.29 is 26.3 Å². The maximum absolute atomic E-state index is 15.8. The minimum Gasteiger partial charge on any atom is -0.345 e. The number of fused-ring (bicyclic) bond motifs is 6. The lowest BCUT2D eigenvalue weighted by molar-refractivity contribution is 0.507. The smallest absolute Gasteiger partial charge is 0.184 e. The average Bonchev–Trinajstić information content (AvgIpc) is 3.49. The van der Waals surface area contributed by atoms with Crippen LogP contribution in [0, 0.1) is 80.2 Å². The molecular weight excluding hydrogens is 526 g/mol. The van der Waals surface area contributed by atoms with Gasteiger partial charge in [-0.25, -0.2) is 26.3 Å². The monoisotopic (exact) mass is 528 g/mol. The molecule has 2 aliphatic heterocycles. The SMILES string of the molecule is N#CC(C#N)=C1Nc2c(F)c(F)c3c(F)c4c5c(c(F)c(F)c4c(F)c3c2S1)NC(=C(C#N)C#N)S5. The summed E-state index contributed by atoms with van der Waals surface area (Å²) in [5.41, 5.74) is -2.55. The number of nitriles is 4. The van der Waals surface area contributed by atoms with Crippen molar-refractivity contribution in [2.75, 3.05) is 10.6 Å². The van der Waals surface area contributed by atoms with Crippen LogP contribution < -0.4 is 10.6 Å². The molecule has 174 valence electrons. The molecule has 0 atom stereocenters. The van der Waals surface area contributed by atoms with E-state index in [4.69, 9.17) is 21.0 Å². The molecule has 0 aromatic heterocycles. The van der Waals surface area contributed by atoms with Gasteiger partial charge in [0.25, 0.3) is 0 Å². The molecule has 3 aromatic carbocycles. The number of benzene rings is 3. The van der Waals surface area contributed by atoms with Gasteiger partial charge in [-0.2, -0.15) is 21.0 Å². The topological polar surface area (TPSA) is 119 Å². The Labute approximate surface area is 204 Å². The van der Waals surface area contributed by atoms with Crippen LogP contribution in [0.15, 0.2) is 31.0 Å². The summed E-state index contributed by atoms with van der Waals surface area (Å²) >= 11 is 0.840. The second kappa shape index (κ2) is 8.03. The van der Waals surface area contributed by atoms with Crippen molar-refractivity contribution in [2.24, 2.45) is 0 Å². The van der Waals surface area contributed by atoms with Gasteiger partial charge in [-0.05, 0) is 0 Å². The van der Waals surface area contributed by atoms with Crippen LogP contribution in [0.3, 0.4) is 0 Å². The number of allylic oxidation sites excluding steroid dienone is 2. The van der Waals surface area contributed by atoms with Crippen molar-refractivity contribution in [2.45, 2.75) is 9.79 Å². The summed E-state index contributed by atoms with van der Waals surface area (Å²) in [4.78, 5) is -0.966. The maximum atomic E-state index is 15.8. The summed E-state index contributed by atoms with van der Waals surface area (Å²) in [6.45, 7) is 0. The highest BCUT2D eigenvalue weighted by Gasteiger charge is 2.37. The van der Waals surface area contributed by atoms with E-state index in [-0.39, 0.29) is 10.1 Å². The first-order chi connectivity index (χ1) is 17.2. The molecule has 0 radical (unpaired) electrons. The molecule has 0 bridgehead atoms. The molecule has 0 saturated heterocycles. The molecular formula is C22H2F6N6S2. The molecule has 6 nitrogen and oxygen atoms in total. The molecule has 2 N–H and O–H groups in total.